The van der Waals surface area contributed by atoms with Crippen LogP contribution in [-0.2, 0) is 0 Å². The monoisotopic (exact) mass is 248 g/mol. The van der Waals surface area contributed by atoms with Gasteiger partial charge in [-0.3, -0.25) is 4.79 Å². The second-order valence-electron chi connectivity index (χ2n) is 4.96. The van der Waals surface area contributed by atoms with E-state index >= 15 is 0 Å². The third kappa shape index (κ3) is 3.13. The Labute approximate surface area is 107 Å². The van der Waals surface area contributed by atoms with Crippen LogP contribution in [0.25, 0.3) is 0 Å². The number of nitrogen functional groups attached to an aromatic ring is 2. The average Bonchev–Trinajstić information content (AvgIpc) is 2.27. The quantitative estimate of drug-likeness (QED) is 0.672. The molecule has 0 spiro atoms. The number of hydrogen-bond acceptors (Lipinski definition) is 4. The van der Waals surface area contributed by atoms with Gasteiger partial charge in [-0.05, 0) is 44.6 Å². The summed E-state index contributed by atoms with van der Waals surface area (Å²) in [6.07, 6.45) is 2.13. The predicted octanol–water partition coefficient (Wildman–Crippen LogP) is 0.675. The number of nitrogens with zero attached hydrogens (tertiary/aromatic N) is 1. The maximum Gasteiger partial charge on any atom is 0.251 e. The van der Waals surface area contributed by atoms with Crippen molar-refractivity contribution in [2.24, 2.45) is 0 Å². The van der Waals surface area contributed by atoms with E-state index in [0.717, 1.165) is 25.9 Å². The zero-order chi connectivity index (χ0) is 13.1. The van der Waals surface area contributed by atoms with E-state index in [9.17, 15) is 4.79 Å². The van der Waals surface area contributed by atoms with E-state index in [1.165, 1.54) is 0 Å². The molecule has 1 heterocycles. The second-order valence-corrected chi connectivity index (χ2v) is 4.96. The topological polar surface area (TPSA) is 84.4 Å². The first kappa shape index (κ1) is 12.7. The van der Waals surface area contributed by atoms with Crippen LogP contribution in [-0.4, -0.2) is 37.0 Å². The van der Waals surface area contributed by atoms with Crippen LogP contribution in [0, 0.1) is 0 Å². The summed E-state index contributed by atoms with van der Waals surface area (Å²) >= 11 is 0. The van der Waals surface area contributed by atoms with Crippen LogP contribution in [0.1, 0.15) is 23.2 Å². The van der Waals surface area contributed by atoms with Crippen LogP contribution >= 0.6 is 0 Å². The molecule has 1 unspecified atom stereocenters. The summed E-state index contributed by atoms with van der Waals surface area (Å²) < 4.78 is 0. The van der Waals surface area contributed by atoms with Crippen molar-refractivity contribution >= 4 is 17.3 Å². The molecule has 1 fully saturated rings. The molecule has 1 atom stereocenters. The summed E-state index contributed by atoms with van der Waals surface area (Å²) in [5.41, 5.74) is 12.9. The lowest BCUT2D eigenvalue weighted by atomic mass is 10.1. The molecule has 1 aliphatic heterocycles. The highest BCUT2D eigenvalue weighted by Crippen LogP contribution is 2.15. The van der Waals surface area contributed by atoms with Gasteiger partial charge in [0.15, 0.2) is 0 Å². The van der Waals surface area contributed by atoms with Gasteiger partial charge in [-0.2, -0.15) is 0 Å². The van der Waals surface area contributed by atoms with E-state index in [1.54, 1.807) is 18.2 Å². The van der Waals surface area contributed by atoms with Crippen LogP contribution in [0.15, 0.2) is 18.2 Å². The van der Waals surface area contributed by atoms with Gasteiger partial charge in [0.1, 0.15) is 0 Å². The lowest BCUT2D eigenvalue weighted by Gasteiger charge is -2.30. The van der Waals surface area contributed by atoms with Gasteiger partial charge < -0.3 is 21.7 Å². The summed E-state index contributed by atoms with van der Waals surface area (Å²) in [4.78, 5) is 14.3. The van der Waals surface area contributed by atoms with Crippen molar-refractivity contribution in [3.8, 4) is 0 Å². The Morgan fingerprint density at radius 2 is 2.00 bits per heavy atom. The highest BCUT2D eigenvalue weighted by Gasteiger charge is 2.19. The van der Waals surface area contributed by atoms with Crippen molar-refractivity contribution in [2.45, 2.75) is 18.9 Å². The number of anilines is 2. The Morgan fingerprint density at radius 3 is 2.61 bits per heavy atom. The lowest BCUT2D eigenvalue weighted by Crippen LogP contribution is -2.46. The standard InChI is InChI=1S/C13H20N4O/c1-17-4-2-3-12(8-17)16-13(18)9-5-10(14)7-11(15)6-9/h5-7,12H,2-4,8,14-15H2,1H3,(H,16,18). The Hall–Kier alpha value is -1.75. The van der Waals surface area contributed by atoms with E-state index in [0.29, 0.717) is 16.9 Å². The van der Waals surface area contributed by atoms with E-state index in [1.807, 2.05) is 0 Å². The highest BCUT2D eigenvalue weighted by atomic mass is 16.1. The molecule has 0 aromatic heterocycles. The molecule has 98 valence electrons. The van der Waals surface area contributed by atoms with Crippen LogP contribution in [0.3, 0.4) is 0 Å². The van der Waals surface area contributed by atoms with Gasteiger partial charge in [0.05, 0.1) is 0 Å². The van der Waals surface area contributed by atoms with Gasteiger partial charge in [0.25, 0.3) is 5.91 Å². The van der Waals surface area contributed by atoms with Crippen LogP contribution in [0.2, 0.25) is 0 Å². The number of hydrogen-bond donors (Lipinski definition) is 3. The number of amides is 1. The van der Waals surface area contributed by atoms with Crippen molar-refractivity contribution in [3.05, 3.63) is 23.8 Å². The summed E-state index contributed by atoms with van der Waals surface area (Å²) in [5, 5.41) is 3.03. The fraction of sp³-hybridized carbons (Fsp3) is 0.462. The molecule has 0 radical (unpaired) electrons. The normalized spacial score (nSPS) is 20.6. The molecule has 2 rings (SSSR count). The maximum absolute atomic E-state index is 12.1. The van der Waals surface area contributed by atoms with Crippen molar-refractivity contribution in [2.75, 3.05) is 31.6 Å². The van der Waals surface area contributed by atoms with E-state index in [2.05, 4.69) is 17.3 Å². The van der Waals surface area contributed by atoms with Crippen molar-refractivity contribution in [1.82, 2.24) is 10.2 Å². The number of nitrogens with two attached hydrogens (primary N) is 2. The maximum atomic E-state index is 12.1. The van der Waals surface area contributed by atoms with Gasteiger partial charge in [0, 0.05) is 29.5 Å². The molecular weight excluding hydrogens is 228 g/mol. The molecular formula is C13H20N4O. The molecule has 1 aliphatic rings. The largest absolute Gasteiger partial charge is 0.399 e. The van der Waals surface area contributed by atoms with Crippen molar-refractivity contribution < 1.29 is 4.79 Å². The average molecular weight is 248 g/mol. The first-order chi connectivity index (χ1) is 8.54. The third-order valence-electron chi connectivity index (χ3n) is 3.20. The molecule has 5 nitrogen and oxygen atoms in total. The first-order valence-electron chi connectivity index (χ1n) is 6.20. The zero-order valence-corrected chi connectivity index (χ0v) is 10.6. The lowest BCUT2D eigenvalue weighted by molar-refractivity contribution is 0.0912. The molecule has 1 amide bonds. The zero-order valence-electron chi connectivity index (χ0n) is 10.6. The molecule has 1 aromatic carbocycles. The molecule has 1 aromatic rings. The van der Waals surface area contributed by atoms with Gasteiger partial charge in [-0.25, -0.2) is 0 Å². The van der Waals surface area contributed by atoms with Crippen molar-refractivity contribution in [1.29, 1.82) is 0 Å². The second kappa shape index (κ2) is 5.27. The number of benzene rings is 1. The minimum absolute atomic E-state index is 0.102. The third-order valence-corrected chi connectivity index (χ3v) is 3.20. The fourth-order valence-corrected chi connectivity index (χ4v) is 2.36. The fourth-order valence-electron chi connectivity index (χ4n) is 2.36. The summed E-state index contributed by atoms with van der Waals surface area (Å²) in [7, 11) is 2.07. The van der Waals surface area contributed by atoms with Gasteiger partial charge in [-0.1, -0.05) is 0 Å². The first-order valence-corrected chi connectivity index (χ1v) is 6.20. The van der Waals surface area contributed by atoms with Crippen molar-refractivity contribution in [3.63, 3.8) is 0 Å². The number of carbonyl (C=O) groups excluding carboxylic acids is 1. The Kier molecular flexibility index (Phi) is 3.72. The van der Waals surface area contributed by atoms with E-state index in [-0.39, 0.29) is 11.9 Å². The minimum atomic E-state index is -0.102. The smallest absolute Gasteiger partial charge is 0.251 e. The molecule has 1 saturated heterocycles. The number of likely N-dealkylation sites (N-methyl/N-ethyl adjacent to an activating group) is 1. The molecule has 0 saturated carbocycles. The molecule has 0 bridgehead atoms. The summed E-state index contributed by atoms with van der Waals surface area (Å²) in [6.45, 7) is 1.99. The Morgan fingerprint density at radius 1 is 1.33 bits per heavy atom. The van der Waals surface area contributed by atoms with Crippen LogP contribution in [0.5, 0.6) is 0 Å². The van der Waals surface area contributed by atoms with Crippen LogP contribution < -0.4 is 16.8 Å². The number of rotatable bonds is 2. The van der Waals surface area contributed by atoms with E-state index in [4.69, 9.17) is 11.5 Å². The predicted molar refractivity (Wildman–Crippen MR) is 73.3 cm³/mol. The van der Waals surface area contributed by atoms with E-state index < -0.39 is 0 Å². The van der Waals surface area contributed by atoms with Gasteiger partial charge in [-0.15, -0.1) is 0 Å². The Bertz CT molecular complexity index is 426. The molecule has 5 N–H and O–H groups in total. The Balaban J connectivity index is 2.02. The van der Waals surface area contributed by atoms with Gasteiger partial charge >= 0.3 is 0 Å². The highest BCUT2D eigenvalue weighted by molar-refractivity contribution is 5.96. The molecule has 5 heteroatoms. The molecule has 18 heavy (non-hydrogen) atoms. The number of piperidine rings is 1. The number of carbonyl (C=O) groups is 1. The number of likely N-dealkylation sites (tertiary alicyclic amines) is 1. The minimum Gasteiger partial charge on any atom is -0.399 e. The molecule has 0 aliphatic carbocycles. The number of nitrogens with one attached hydrogen (secondary N) is 1. The van der Waals surface area contributed by atoms with Gasteiger partial charge in [0.2, 0.25) is 0 Å². The SMILES string of the molecule is CN1CCCC(NC(=O)c2cc(N)cc(N)c2)C1. The summed E-state index contributed by atoms with van der Waals surface area (Å²) in [5.74, 6) is -0.102. The van der Waals surface area contributed by atoms with Crippen LogP contribution in [0.4, 0.5) is 11.4 Å². The summed E-state index contributed by atoms with van der Waals surface area (Å²) in [6, 6.07) is 5.15.